The van der Waals surface area contributed by atoms with Crippen molar-refractivity contribution in [3.63, 3.8) is 0 Å². The van der Waals surface area contributed by atoms with Crippen LogP contribution in [0.4, 0.5) is 5.69 Å². The molecule has 1 amide bonds. The molecule has 1 unspecified atom stereocenters. The molecule has 0 fully saturated rings. The van der Waals surface area contributed by atoms with Crippen LogP contribution >= 0.6 is 0 Å². The lowest BCUT2D eigenvalue weighted by molar-refractivity contribution is -0.155. The maximum atomic E-state index is 11.7. The van der Waals surface area contributed by atoms with Crippen molar-refractivity contribution in [2.24, 2.45) is 0 Å². The second-order valence-corrected chi connectivity index (χ2v) is 4.35. The number of esters is 1. The van der Waals surface area contributed by atoms with Gasteiger partial charge in [-0.25, -0.2) is 0 Å². The van der Waals surface area contributed by atoms with Gasteiger partial charge in [0.05, 0.1) is 0 Å². The van der Waals surface area contributed by atoms with E-state index in [4.69, 9.17) is 10.5 Å². The summed E-state index contributed by atoms with van der Waals surface area (Å²) in [5.41, 5.74) is 5.54. The van der Waals surface area contributed by atoms with Gasteiger partial charge in [0.15, 0.2) is 6.10 Å². The van der Waals surface area contributed by atoms with Gasteiger partial charge in [-0.15, -0.1) is 0 Å². The molecule has 0 aliphatic carbocycles. The number of nitrogens with two attached hydrogens (primary N) is 1. The molecule has 1 aromatic heterocycles. The van der Waals surface area contributed by atoms with Crippen LogP contribution in [0.15, 0.2) is 23.1 Å². The fraction of sp³-hybridized carbons (Fsp3) is 0.462. The van der Waals surface area contributed by atoms with Gasteiger partial charge in [0.1, 0.15) is 6.54 Å². The zero-order valence-corrected chi connectivity index (χ0v) is 11.6. The van der Waals surface area contributed by atoms with Crippen LogP contribution in [0.5, 0.6) is 0 Å². The average Bonchev–Trinajstić information content (AvgIpc) is 2.40. The second kappa shape index (κ2) is 7.32. The van der Waals surface area contributed by atoms with Crippen LogP contribution < -0.4 is 16.6 Å². The quantitative estimate of drug-likeness (QED) is 0.708. The summed E-state index contributed by atoms with van der Waals surface area (Å²) in [7, 11) is 0. The van der Waals surface area contributed by atoms with E-state index in [0.717, 1.165) is 11.0 Å². The topological polar surface area (TPSA) is 103 Å². The number of ether oxygens (including phenoxy) is 1. The first-order valence-electron chi connectivity index (χ1n) is 6.37. The Balaban J connectivity index is 2.57. The SMILES string of the molecule is CCCNC(=O)C(C)OC(=O)Cn1cc(N)ccc1=O. The lowest BCUT2D eigenvalue weighted by Gasteiger charge is -2.13. The van der Waals surface area contributed by atoms with E-state index in [1.165, 1.54) is 25.3 Å². The van der Waals surface area contributed by atoms with E-state index >= 15 is 0 Å². The molecule has 0 radical (unpaired) electrons. The number of carbonyl (C=O) groups is 2. The Morgan fingerprint density at radius 3 is 2.80 bits per heavy atom. The number of anilines is 1. The molecule has 0 saturated carbocycles. The van der Waals surface area contributed by atoms with Crippen molar-refractivity contribution in [1.82, 2.24) is 9.88 Å². The zero-order chi connectivity index (χ0) is 15.1. The van der Waals surface area contributed by atoms with Gasteiger partial charge in [0.25, 0.3) is 11.5 Å². The predicted octanol–water partition coefficient (Wildman–Crippen LogP) is -0.112. The monoisotopic (exact) mass is 281 g/mol. The largest absolute Gasteiger partial charge is 0.451 e. The van der Waals surface area contributed by atoms with Crippen molar-refractivity contribution in [2.75, 3.05) is 12.3 Å². The number of hydrogen-bond acceptors (Lipinski definition) is 5. The summed E-state index contributed by atoms with van der Waals surface area (Å²) >= 11 is 0. The van der Waals surface area contributed by atoms with Crippen molar-refractivity contribution in [3.8, 4) is 0 Å². The average molecular weight is 281 g/mol. The van der Waals surface area contributed by atoms with Crippen LogP contribution in [0.3, 0.4) is 0 Å². The summed E-state index contributed by atoms with van der Waals surface area (Å²) in [6, 6.07) is 2.71. The summed E-state index contributed by atoms with van der Waals surface area (Å²) in [5.74, 6) is -1.03. The molecule has 0 bridgehead atoms. The van der Waals surface area contributed by atoms with Crippen LogP contribution in [-0.4, -0.2) is 29.1 Å². The summed E-state index contributed by atoms with van der Waals surface area (Å²) < 4.78 is 6.09. The van der Waals surface area contributed by atoms with Gasteiger partial charge >= 0.3 is 5.97 Å². The Hall–Kier alpha value is -2.31. The molecule has 0 spiro atoms. The Bertz CT molecular complexity index is 539. The fourth-order valence-electron chi connectivity index (χ4n) is 1.49. The number of amides is 1. The Kier molecular flexibility index (Phi) is 5.76. The van der Waals surface area contributed by atoms with Gasteiger partial charge in [-0.2, -0.15) is 0 Å². The molecule has 0 saturated heterocycles. The Labute approximate surface area is 116 Å². The first-order chi connectivity index (χ1) is 9.43. The summed E-state index contributed by atoms with van der Waals surface area (Å²) in [6.45, 7) is 3.64. The molecule has 3 N–H and O–H groups in total. The van der Waals surface area contributed by atoms with Crippen molar-refractivity contribution >= 4 is 17.6 Å². The van der Waals surface area contributed by atoms with Crippen LogP contribution in [0, 0.1) is 0 Å². The molecule has 20 heavy (non-hydrogen) atoms. The smallest absolute Gasteiger partial charge is 0.326 e. The number of aromatic nitrogens is 1. The summed E-state index contributed by atoms with van der Waals surface area (Å²) in [6.07, 6.45) is 1.25. The molecule has 1 aromatic rings. The van der Waals surface area contributed by atoms with Crippen LogP contribution in [-0.2, 0) is 20.9 Å². The number of hydrogen-bond donors (Lipinski definition) is 2. The van der Waals surface area contributed by atoms with Crippen LogP contribution in [0.25, 0.3) is 0 Å². The standard InChI is InChI=1S/C13H19N3O4/c1-3-6-15-13(19)9(2)20-12(18)8-16-7-10(14)4-5-11(16)17/h4-5,7,9H,3,6,8,14H2,1-2H3,(H,15,19). The third kappa shape index (κ3) is 4.75. The number of nitrogens with one attached hydrogen (secondary N) is 1. The number of carbonyl (C=O) groups excluding carboxylic acids is 2. The van der Waals surface area contributed by atoms with E-state index in [-0.39, 0.29) is 18.0 Å². The fourth-order valence-corrected chi connectivity index (χ4v) is 1.49. The van der Waals surface area contributed by atoms with E-state index in [0.29, 0.717) is 12.2 Å². The highest BCUT2D eigenvalue weighted by molar-refractivity contribution is 5.83. The molecule has 0 aromatic carbocycles. The molecule has 1 rings (SSSR count). The highest BCUT2D eigenvalue weighted by Gasteiger charge is 2.17. The van der Waals surface area contributed by atoms with E-state index in [1.807, 2.05) is 6.92 Å². The number of pyridine rings is 1. The minimum atomic E-state index is -0.897. The Morgan fingerprint density at radius 2 is 2.15 bits per heavy atom. The van der Waals surface area contributed by atoms with Gasteiger partial charge in [0, 0.05) is 24.5 Å². The maximum absolute atomic E-state index is 11.7. The van der Waals surface area contributed by atoms with Gasteiger partial charge in [-0.1, -0.05) is 6.92 Å². The number of nitrogens with zero attached hydrogens (tertiary/aromatic N) is 1. The first kappa shape index (κ1) is 15.7. The third-order valence-electron chi connectivity index (χ3n) is 2.53. The highest BCUT2D eigenvalue weighted by Crippen LogP contribution is 1.98. The molecular formula is C13H19N3O4. The minimum Gasteiger partial charge on any atom is -0.451 e. The predicted molar refractivity (Wildman–Crippen MR) is 74.0 cm³/mol. The lowest BCUT2D eigenvalue weighted by Crippen LogP contribution is -2.37. The van der Waals surface area contributed by atoms with E-state index in [2.05, 4.69) is 5.32 Å². The van der Waals surface area contributed by atoms with E-state index < -0.39 is 12.1 Å². The van der Waals surface area contributed by atoms with Gasteiger partial charge in [-0.05, 0) is 19.4 Å². The zero-order valence-electron chi connectivity index (χ0n) is 11.6. The van der Waals surface area contributed by atoms with Crippen LogP contribution in [0.2, 0.25) is 0 Å². The summed E-state index contributed by atoms with van der Waals surface area (Å²) in [5, 5.41) is 2.62. The third-order valence-corrected chi connectivity index (χ3v) is 2.53. The van der Waals surface area contributed by atoms with Crippen molar-refractivity contribution in [2.45, 2.75) is 32.9 Å². The number of rotatable bonds is 6. The molecular weight excluding hydrogens is 262 g/mol. The van der Waals surface area contributed by atoms with Crippen molar-refractivity contribution in [3.05, 3.63) is 28.7 Å². The minimum absolute atomic E-state index is 0.282. The van der Waals surface area contributed by atoms with Gasteiger partial charge < -0.3 is 20.4 Å². The summed E-state index contributed by atoms with van der Waals surface area (Å²) in [4.78, 5) is 34.7. The molecule has 0 aliphatic rings. The van der Waals surface area contributed by atoms with Crippen molar-refractivity contribution < 1.29 is 14.3 Å². The van der Waals surface area contributed by atoms with Crippen LogP contribution in [0.1, 0.15) is 20.3 Å². The normalized spacial score (nSPS) is 11.7. The highest BCUT2D eigenvalue weighted by atomic mass is 16.5. The molecule has 1 atom stereocenters. The lowest BCUT2D eigenvalue weighted by atomic mass is 10.3. The molecule has 7 nitrogen and oxygen atoms in total. The molecule has 0 aliphatic heterocycles. The molecule has 7 heteroatoms. The Morgan fingerprint density at radius 1 is 1.45 bits per heavy atom. The van der Waals surface area contributed by atoms with E-state index in [1.54, 1.807) is 0 Å². The van der Waals surface area contributed by atoms with E-state index in [9.17, 15) is 14.4 Å². The van der Waals surface area contributed by atoms with Gasteiger partial charge in [0.2, 0.25) is 0 Å². The molecule has 1 heterocycles. The van der Waals surface area contributed by atoms with Crippen molar-refractivity contribution in [1.29, 1.82) is 0 Å². The first-order valence-corrected chi connectivity index (χ1v) is 6.37. The maximum Gasteiger partial charge on any atom is 0.326 e. The van der Waals surface area contributed by atoms with Gasteiger partial charge in [-0.3, -0.25) is 14.4 Å². The number of nitrogen functional groups attached to an aromatic ring is 1. The second-order valence-electron chi connectivity index (χ2n) is 4.35. The molecule has 110 valence electrons.